The van der Waals surface area contributed by atoms with Crippen molar-refractivity contribution in [1.82, 2.24) is 4.90 Å². The lowest BCUT2D eigenvalue weighted by Crippen LogP contribution is -2.50. The van der Waals surface area contributed by atoms with Gasteiger partial charge >= 0.3 is 5.97 Å². The second-order valence-corrected chi connectivity index (χ2v) is 5.09. The molecule has 92 valence electrons. The van der Waals surface area contributed by atoms with Gasteiger partial charge in [-0.1, -0.05) is 31.2 Å². The van der Waals surface area contributed by atoms with E-state index in [1.165, 1.54) is 5.56 Å². The highest BCUT2D eigenvalue weighted by Crippen LogP contribution is 2.43. The van der Waals surface area contributed by atoms with Crippen LogP contribution in [0.1, 0.15) is 36.8 Å². The van der Waals surface area contributed by atoms with Gasteiger partial charge < -0.3 is 5.11 Å². The van der Waals surface area contributed by atoms with Crippen molar-refractivity contribution in [2.75, 3.05) is 14.1 Å². The normalized spacial score (nSPS) is 27.9. The molecule has 1 aromatic rings. The number of carboxylic acids is 1. The first kappa shape index (κ1) is 12.1. The van der Waals surface area contributed by atoms with Crippen molar-refractivity contribution in [3.63, 3.8) is 0 Å². The van der Waals surface area contributed by atoms with Gasteiger partial charge in [-0.15, -0.1) is 0 Å². The van der Waals surface area contributed by atoms with Crippen molar-refractivity contribution >= 4 is 5.97 Å². The van der Waals surface area contributed by atoms with Gasteiger partial charge in [-0.3, -0.25) is 4.90 Å². The van der Waals surface area contributed by atoms with E-state index in [0.717, 1.165) is 12.0 Å². The van der Waals surface area contributed by atoms with E-state index >= 15 is 0 Å². The molecule has 0 spiro atoms. The number of hydrogen-bond donors (Lipinski definition) is 1. The molecule has 2 atom stereocenters. The number of rotatable bonds is 2. The lowest BCUT2D eigenvalue weighted by atomic mass is 9.71. The summed E-state index contributed by atoms with van der Waals surface area (Å²) in [7, 11) is 3.70. The Labute approximate surface area is 102 Å². The fourth-order valence-corrected chi connectivity index (χ4v) is 2.90. The van der Waals surface area contributed by atoms with Gasteiger partial charge in [-0.05, 0) is 44.0 Å². The average molecular weight is 233 g/mol. The predicted octanol–water partition coefficient (Wildman–Crippen LogP) is 2.43. The molecule has 17 heavy (non-hydrogen) atoms. The molecule has 2 rings (SSSR count). The largest absolute Gasteiger partial charge is 0.480 e. The third kappa shape index (κ3) is 1.65. The second-order valence-electron chi connectivity index (χ2n) is 5.09. The smallest absolute Gasteiger partial charge is 0.328 e. The first-order valence-corrected chi connectivity index (χ1v) is 6.00. The average Bonchev–Trinajstić information content (AvgIpc) is 2.29. The van der Waals surface area contributed by atoms with Crippen LogP contribution in [0, 0.1) is 0 Å². The van der Waals surface area contributed by atoms with Gasteiger partial charge in [-0.2, -0.15) is 0 Å². The number of benzene rings is 1. The number of aliphatic carboxylic acids is 1. The number of carbonyl (C=O) groups is 1. The Bertz CT molecular complexity index is 442. The lowest BCUT2D eigenvalue weighted by molar-refractivity contribution is -0.152. The number of likely N-dealkylation sites (N-methyl/N-ethyl adjacent to an activating group) is 1. The van der Waals surface area contributed by atoms with Crippen LogP contribution in [0.5, 0.6) is 0 Å². The highest BCUT2D eigenvalue weighted by molar-refractivity contribution is 5.82. The molecular formula is C14H19NO2. The van der Waals surface area contributed by atoms with E-state index < -0.39 is 11.5 Å². The molecule has 0 aliphatic heterocycles. The molecule has 0 aromatic heterocycles. The molecule has 0 saturated carbocycles. The molecular weight excluding hydrogens is 214 g/mol. The summed E-state index contributed by atoms with van der Waals surface area (Å²) in [6.07, 6.45) is 1.59. The Morgan fingerprint density at radius 2 is 2.06 bits per heavy atom. The summed E-state index contributed by atoms with van der Waals surface area (Å²) in [6, 6.07) is 7.93. The molecule has 0 fully saturated rings. The fraction of sp³-hybridized carbons (Fsp3) is 0.500. The van der Waals surface area contributed by atoms with Crippen LogP contribution in [0.15, 0.2) is 24.3 Å². The van der Waals surface area contributed by atoms with E-state index in [9.17, 15) is 9.90 Å². The molecule has 3 heteroatoms. The first-order chi connectivity index (χ1) is 8.00. The van der Waals surface area contributed by atoms with Crippen LogP contribution >= 0.6 is 0 Å². The van der Waals surface area contributed by atoms with Gasteiger partial charge in [0.05, 0.1) is 0 Å². The second kappa shape index (κ2) is 4.15. The maximum Gasteiger partial charge on any atom is 0.328 e. The molecule has 0 saturated heterocycles. The van der Waals surface area contributed by atoms with Gasteiger partial charge in [-0.25, -0.2) is 4.79 Å². The molecule has 0 amide bonds. The summed E-state index contributed by atoms with van der Waals surface area (Å²) in [4.78, 5) is 13.6. The number of fused-ring (bicyclic) bond motifs is 1. The van der Waals surface area contributed by atoms with Crippen molar-refractivity contribution in [1.29, 1.82) is 0 Å². The summed E-state index contributed by atoms with van der Waals surface area (Å²) < 4.78 is 0. The molecule has 0 bridgehead atoms. The van der Waals surface area contributed by atoms with E-state index in [2.05, 4.69) is 13.0 Å². The number of nitrogens with zero attached hydrogens (tertiary/aromatic N) is 1. The van der Waals surface area contributed by atoms with E-state index in [4.69, 9.17) is 0 Å². The lowest BCUT2D eigenvalue weighted by Gasteiger charge is -2.42. The summed E-state index contributed by atoms with van der Waals surface area (Å²) in [5.41, 5.74) is 1.27. The highest BCUT2D eigenvalue weighted by Gasteiger charge is 2.46. The van der Waals surface area contributed by atoms with E-state index in [0.29, 0.717) is 12.3 Å². The molecule has 1 aliphatic rings. The molecule has 0 heterocycles. The monoisotopic (exact) mass is 233 g/mol. The Hall–Kier alpha value is -1.35. The summed E-state index contributed by atoms with van der Waals surface area (Å²) in [5, 5.41) is 9.65. The van der Waals surface area contributed by atoms with Gasteiger partial charge in [0.25, 0.3) is 0 Å². The SMILES string of the molecule is CC1CCC(C(=O)O)(N(C)C)c2ccccc21. The van der Waals surface area contributed by atoms with Crippen LogP contribution in [0.4, 0.5) is 0 Å². The Morgan fingerprint density at radius 1 is 1.41 bits per heavy atom. The van der Waals surface area contributed by atoms with E-state index in [-0.39, 0.29) is 0 Å². The van der Waals surface area contributed by atoms with Crippen LogP contribution in [0.2, 0.25) is 0 Å². The van der Waals surface area contributed by atoms with Crippen molar-refractivity contribution in [3.05, 3.63) is 35.4 Å². The Kier molecular flexibility index (Phi) is 2.96. The van der Waals surface area contributed by atoms with Crippen LogP contribution in [0.25, 0.3) is 0 Å². The maximum absolute atomic E-state index is 11.7. The fourth-order valence-electron chi connectivity index (χ4n) is 2.90. The molecule has 0 radical (unpaired) electrons. The molecule has 1 N–H and O–H groups in total. The maximum atomic E-state index is 11.7. The minimum absolute atomic E-state index is 0.443. The third-order valence-corrected chi connectivity index (χ3v) is 3.99. The van der Waals surface area contributed by atoms with Gasteiger partial charge in [0.15, 0.2) is 0 Å². The number of hydrogen-bond acceptors (Lipinski definition) is 2. The van der Waals surface area contributed by atoms with Gasteiger partial charge in [0.1, 0.15) is 5.54 Å². The molecule has 2 unspecified atom stereocenters. The van der Waals surface area contributed by atoms with Crippen LogP contribution in [0.3, 0.4) is 0 Å². The topological polar surface area (TPSA) is 40.5 Å². The van der Waals surface area contributed by atoms with Gasteiger partial charge in [0, 0.05) is 0 Å². The highest BCUT2D eigenvalue weighted by atomic mass is 16.4. The van der Waals surface area contributed by atoms with Crippen molar-refractivity contribution in [2.45, 2.75) is 31.2 Å². The molecule has 1 aliphatic carbocycles. The van der Waals surface area contributed by atoms with Crippen molar-refractivity contribution in [3.8, 4) is 0 Å². The Balaban J connectivity index is 2.65. The van der Waals surface area contributed by atoms with E-state index in [1.54, 1.807) is 0 Å². The first-order valence-electron chi connectivity index (χ1n) is 6.00. The zero-order chi connectivity index (χ0) is 12.6. The van der Waals surface area contributed by atoms with Crippen LogP contribution in [-0.4, -0.2) is 30.1 Å². The zero-order valence-corrected chi connectivity index (χ0v) is 10.6. The standard InChI is InChI=1S/C14H19NO2/c1-10-8-9-14(13(16)17,15(2)3)12-7-5-4-6-11(10)12/h4-7,10H,8-9H2,1-3H3,(H,16,17). The van der Waals surface area contributed by atoms with Gasteiger partial charge in [0.2, 0.25) is 0 Å². The Morgan fingerprint density at radius 3 is 2.65 bits per heavy atom. The third-order valence-electron chi connectivity index (χ3n) is 3.99. The summed E-state index contributed by atoms with van der Waals surface area (Å²) in [6.45, 7) is 2.17. The summed E-state index contributed by atoms with van der Waals surface area (Å²) in [5.74, 6) is -0.305. The minimum Gasteiger partial charge on any atom is -0.480 e. The van der Waals surface area contributed by atoms with E-state index in [1.807, 2.05) is 37.2 Å². The summed E-state index contributed by atoms with van der Waals surface area (Å²) >= 11 is 0. The van der Waals surface area contributed by atoms with Crippen molar-refractivity contribution < 1.29 is 9.90 Å². The van der Waals surface area contributed by atoms with Crippen LogP contribution in [-0.2, 0) is 10.3 Å². The minimum atomic E-state index is -0.858. The predicted molar refractivity (Wildman–Crippen MR) is 67.1 cm³/mol. The quantitative estimate of drug-likeness (QED) is 0.853. The number of carboxylic acid groups (broad SMARTS) is 1. The van der Waals surface area contributed by atoms with Crippen LogP contribution < -0.4 is 0 Å². The molecule has 3 nitrogen and oxygen atoms in total. The zero-order valence-electron chi connectivity index (χ0n) is 10.6. The molecule has 1 aromatic carbocycles. The van der Waals surface area contributed by atoms with Crippen molar-refractivity contribution in [2.24, 2.45) is 0 Å².